The summed E-state index contributed by atoms with van der Waals surface area (Å²) in [4.78, 5) is 18.9. The van der Waals surface area contributed by atoms with Crippen LogP contribution in [0.3, 0.4) is 0 Å². The van der Waals surface area contributed by atoms with Gasteiger partial charge in [0.2, 0.25) is 0 Å². The minimum Gasteiger partial charge on any atom is -0.444 e. The van der Waals surface area contributed by atoms with Crippen LogP contribution in [-0.2, 0) is 4.74 Å². The molecule has 0 saturated carbocycles. The Balaban J connectivity index is 2.20. The third kappa shape index (κ3) is 3.01. The number of ether oxygens (including phenoxy) is 1. The van der Waals surface area contributed by atoms with E-state index in [4.69, 9.17) is 4.74 Å². The van der Waals surface area contributed by atoms with Crippen molar-refractivity contribution in [3.8, 4) is 0 Å². The predicted molar refractivity (Wildman–Crippen MR) is 73.7 cm³/mol. The number of nitrogens with one attached hydrogen (secondary N) is 2. The molecule has 0 radical (unpaired) electrons. The molecule has 0 bridgehead atoms. The Hall–Kier alpha value is -1.56. The summed E-state index contributed by atoms with van der Waals surface area (Å²) in [5.41, 5.74) is 1.62. The maximum Gasteiger partial charge on any atom is 0.412 e. The van der Waals surface area contributed by atoms with Gasteiger partial charge in [0.05, 0.1) is 11.2 Å². The molecule has 0 aliphatic carbocycles. The van der Waals surface area contributed by atoms with Crippen LogP contribution < -0.4 is 5.32 Å². The lowest BCUT2D eigenvalue weighted by Crippen LogP contribution is -2.27. The van der Waals surface area contributed by atoms with Gasteiger partial charge in [-0.2, -0.15) is 0 Å². The van der Waals surface area contributed by atoms with E-state index < -0.39 is 11.7 Å². The Bertz CT molecular complexity index is 587. The standard InChI is InChI=1S/C12H14BrN3O2/c1-12(2,3)18-11(17)16-9-6-14-8-4-7(13)5-15-10(8)9/h4-6,14H,1-3H3,(H,16,17). The van der Waals surface area contributed by atoms with Gasteiger partial charge in [-0.05, 0) is 42.8 Å². The van der Waals surface area contributed by atoms with Crippen molar-refractivity contribution < 1.29 is 9.53 Å². The molecular weight excluding hydrogens is 298 g/mol. The number of halogens is 1. The van der Waals surface area contributed by atoms with E-state index in [0.717, 1.165) is 9.99 Å². The zero-order valence-electron chi connectivity index (χ0n) is 10.4. The van der Waals surface area contributed by atoms with Crippen LogP contribution >= 0.6 is 15.9 Å². The third-order valence-electron chi connectivity index (χ3n) is 2.12. The maximum atomic E-state index is 11.7. The van der Waals surface area contributed by atoms with E-state index in [9.17, 15) is 4.79 Å². The highest BCUT2D eigenvalue weighted by Crippen LogP contribution is 2.23. The number of fused-ring (bicyclic) bond motifs is 1. The molecule has 5 nitrogen and oxygen atoms in total. The largest absolute Gasteiger partial charge is 0.444 e. The lowest BCUT2D eigenvalue weighted by Gasteiger charge is -2.19. The van der Waals surface area contributed by atoms with Gasteiger partial charge in [-0.1, -0.05) is 0 Å². The summed E-state index contributed by atoms with van der Waals surface area (Å²) < 4.78 is 6.06. The number of aromatic amines is 1. The fraction of sp³-hybridized carbons (Fsp3) is 0.333. The van der Waals surface area contributed by atoms with E-state index in [1.807, 2.05) is 26.8 Å². The number of aromatic nitrogens is 2. The minimum absolute atomic E-state index is 0.492. The van der Waals surface area contributed by atoms with Crippen molar-refractivity contribution in [2.75, 3.05) is 5.32 Å². The summed E-state index contributed by atoms with van der Waals surface area (Å²) >= 11 is 3.34. The Kier molecular flexibility index (Phi) is 3.30. The molecule has 2 N–H and O–H groups in total. The number of rotatable bonds is 1. The van der Waals surface area contributed by atoms with Crippen molar-refractivity contribution >= 4 is 38.7 Å². The van der Waals surface area contributed by atoms with Crippen molar-refractivity contribution in [3.63, 3.8) is 0 Å². The molecule has 0 saturated heterocycles. The average molecular weight is 312 g/mol. The lowest BCUT2D eigenvalue weighted by molar-refractivity contribution is 0.0636. The van der Waals surface area contributed by atoms with Crippen molar-refractivity contribution in [2.45, 2.75) is 26.4 Å². The fourth-order valence-electron chi connectivity index (χ4n) is 1.49. The summed E-state index contributed by atoms with van der Waals surface area (Å²) in [5.74, 6) is 0. The van der Waals surface area contributed by atoms with Gasteiger partial charge in [0.25, 0.3) is 0 Å². The van der Waals surface area contributed by atoms with Gasteiger partial charge in [-0.3, -0.25) is 10.3 Å². The molecule has 96 valence electrons. The molecule has 0 aromatic carbocycles. The van der Waals surface area contributed by atoms with Crippen LogP contribution in [0.5, 0.6) is 0 Å². The molecule has 0 aliphatic rings. The molecule has 1 amide bonds. The smallest absolute Gasteiger partial charge is 0.412 e. The molecule has 2 heterocycles. The Morgan fingerprint density at radius 3 is 2.89 bits per heavy atom. The molecule has 0 spiro atoms. The second-order valence-electron chi connectivity index (χ2n) is 4.88. The Labute approximate surface area is 113 Å². The van der Waals surface area contributed by atoms with Crippen molar-refractivity contribution in [1.82, 2.24) is 9.97 Å². The van der Waals surface area contributed by atoms with Gasteiger partial charge in [-0.25, -0.2) is 4.79 Å². The molecule has 2 aromatic rings. The zero-order chi connectivity index (χ0) is 13.3. The van der Waals surface area contributed by atoms with Gasteiger partial charge >= 0.3 is 6.09 Å². The number of H-pyrrole nitrogens is 1. The molecule has 0 fully saturated rings. The molecule has 0 unspecified atom stereocenters. The monoisotopic (exact) mass is 311 g/mol. The molecule has 6 heteroatoms. The second kappa shape index (κ2) is 4.61. The molecular formula is C12H14BrN3O2. The summed E-state index contributed by atoms with van der Waals surface area (Å²) in [6.07, 6.45) is 2.87. The summed E-state index contributed by atoms with van der Waals surface area (Å²) in [7, 11) is 0. The van der Waals surface area contributed by atoms with E-state index in [1.54, 1.807) is 12.4 Å². The van der Waals surface area contributed by atoms with Crippen LogP contribution in [0.15, 0.2) is 22.9 Å². The molecule has 2 rings (SSSR count). The molecule has 18 heavy (non-hydrogen) atoms. The Morgan fingerprint density at radius 2 is 2.22 bits per heavy atom. The van der Waals surface area contributed by atoms with Crippen LogP contribution in [-0.4, -0.2) is 21.7 Å². The average Bonchev–Trinajstić information content (AvgIpc) is 2.57. The number of pyridine rings is 1. The van der Waals surface area contributed by atoms with Gasteiger partial charge < -0.3 is 9.72 Å². The lowest BCUT2D eigenvalue weighted by atomic mass is 10.2. The number of hydrogen-bond acceptors (Lipinski definition) is 3. The first kappa shape index (κ1) is 12.9. The highest BCUT2D eigenvalue weighted by atomic mass is 79.9. The third-order valence-corrected chi connectivity index (χ3v) is 2.55. The topological polar surface area (TPSA) is 67.0 Å². The van der Waals surface area contributed by atoms with Gasteiger partial charge in [0.15, 0.2) is 0 Å². The van der Waals surface area contributed by atoms with E-state index in [-0.39, 0.29) is 0 Å². The van der Waals surface area contributed by atoms with E-state index in [1.165, 1.54) is 0 Å². The minimum atomic E-state index is -0.521. The maximum absolute atomic E-state index is 11.7. The first-order chi connectivity index (χ1) is 8.35. The zero-order valence-corrected chi connectivity index (χ0v) is 12.0. The van der Waals surface area contributed by atoms with E-state index >= 15 is 0 Å². The number of nitrogens with zero attached hydrogens (tertiary/aromatic N) is 1. The first-order valence-electron chi connectivity index (χ1n) is 5.48. The molecule has 2 aromatic heterocycles. The van der Waals surface area contributed by atoms with E-state index in [0.29, 0.717) is 11.2 Å². The summed E-state index contributed by atoms with van der Waals surface area (Å²) in [6, 6.07) is 1.89. The van der Waals surface area contributed by atoms with Crippen LogP contribution in [0.25, 0.3) is 11.0 Å². The van der Waals surface area contributed by atoms with Gasteiger partial charge in [-0.15, -0.1) is 0 Å². The highest BCUT2D eigenvalue weighted by Gasteiger charge is 2.17. The predicted octanol–water partition coefficient (Wildman–Crippen LogP) is 3.67. The summed E-state index contributed by atoms with van der Waals surface area (Å²) in [6.45, 7) is 5.45. The number of amides is 1. The Morgan fingerprint density at radius 1 is 1.50 bits per heavy atom. The van der Waals surface area contributed by atoms with E-state index in [2.05, 4.69) is 31.2 Å². The SMILES string of the molecule is CC(C)(C)OC(=O)Nc1c[nH]c2cc(Br)cnc12. The quantitative estimate of drug-likeness (QED) is 0.844. The number of carbonyl (C=O) groups is 1. The first-order valence-corrected chi connectivity index (χ1v) is 6.27. The van der Waals surface area contributed by atoms with Gasteiger partial charge in [0.1, 0.15) is 11.1 Å². The van der Waals surface area contributed by atoms with Crippen LogP contribution in [0.1, 0.15) is 20.8 Å². The van der Waals surface area contributed by atoms with Crippen LogP contribution in [0, 0.1) is 0 Å². The number of carbonyl (C=O) groups excluding carboxylic acids is 1. The molecule has 0 aliphatic heterocycles. The normalized spacial score (nSPS) is 11.6. The van der Waals surface area contributed by atoms with Crippen molar-refractivity contribution in [1.29, 1.82) is 0 Å². The fourth-order valence-corrected chi connectivity index (χ4v) is 1.82. The second-order valence-corrected chi connectivity index (χ2v) is 5.79. The van der Waals surface area contributed by atoms with Crippen LogP contribution in [0.4, 0.5) is 10.5 Å². The van der Waals surface area contributed by atoms with Crippen LogP contribution in [0.2, 0.25) is 0 Å². The van der Waals surface area contributed by atoms with Gasteiger partial charge in [0, 0.05) is 16.9 Å². The summed E-state index contributed by atoms with van der Waals surface area (Å²) in [5, 5.41) is 2.67. The highest BCUT2D eigenvalue weighted by molar-refractivity contribution is 9.10. The van der Waals surface area contributed by atoms with Crippen molar-refractivity contribution in [2.24, 2.45) is 0 Å². The number of anilines is 1. The number of hydrogen-bond donors (Lipinski definition) is 2. The molecule has 0 atom stereocenters. The van der Waals surface area contributed by atoms with Crippen molar-refractivity contribution in [3.05, 3.63) is 22.9 Å².